The molecule has 1 aliphatic rings. The molecule has 12 heteroatoms. The summed E-state index contributed by atoms with van der Waals surface area (Å²) in [6, 6.07) is 8.58. The number of furan rings is 1. The summed E-state index contributed by atoms with van der Waals surface area (Å²) in [4.78, 5) is 14.4. The lowest BCUT2D eigenvalue weighted by Gasteiger charge is -2.15. The molecule has 0 aliphatic carbocycles. The van der Waals surface area contributed by atoms with Gasteiger partial charge in [-0.15, -0.1) is 0 Å². The Hall–Kier alpha value is -4.06. The summed E-state index contributed by atoms with van der Waals surface area (Å²) < 4.78 is 76.0. The number of hydrogen-bond donors (Lipinski definition) is 1. The van der Waals surface area contributed by atoms with Gasteiger partial charge in [-0.05, 0) is 62.3 Å². The van der Waals surface area contributed by atoms with E-state index in [0.29, 0.717) is 37.7 Å². The van der Waals surface area contributed by atoms with E-state index in [1.54, 1.807) is 0 Å². The van der Waals surface area contributed by atoms with Crippen molar-refractivity contribution in [2.75, 3.05) is 19.8 Å². The van der Waals surface area contributed by atoms with Crippen LogP contribution in [0.2, 0.25) is 0 Å². The molecule has 3 aromatic rings. The van der Waals surface area contributed by atoms with Crippen LogP contribution in [0, 0.1) is 23.3 Å². The van der Waals surface area contributed by atoms with Crippen LogP contribution in [0.25, 0.3) is 6.08 Å². The van der Waals surface area contributed by atoms with E-state index in [1.807, 2.05) is 32.0 Å². The molecule has 39 heavy (non-hydrogen) atoms. The molecule has 0 saturated carbocycles. The Balaban J connectivity index is 1.39. The summed E-state index contributed by atoms with van der Waals surface area (Å²) in [5.74, 6) is -6.48. The molecule has 0 atom stereocenters. The maximum absolute atomic E-state index is 13.8. The number of ether oxygens (including phenoxy) is 3. The number of halogens is 4. The Morgan fingerprint density at radius 2 is 1.64 bits per heavy atom. The van der Waals surface area contributed by atoms with E-state index in [9.17, 15) is 22.4 Å². The first kappa shape index (κ1) is 28.0. The summed E-state index contributed by atoms with van der Waals surface area (Å²) in [5, 5.41) is 3.06. The summed E-state index contributed by atoms with van der Waals surface area (Å²) in [6.45, 7) is 4.54. The fraction of sp³-hybridized carbons (Fsp3) is 0.259. The SMILES string of the molecule is CCOc1ccc(CCN2C(=O)/C(=C\c3ccc(COc4c(F)c(F)cc(F)c4F)o3)NC2=S)cc1OCC. The lowest BCUT2D eigenvalue weighted by atomic mass is 10.1. The van der Waals surface area contributed by atoms with Crippen LogP contribution in [0.4, 0.5) is 17.6 Å². The van der Waals surface area contributed by atoms with E-state index >= 15 is 0 Å². The van der Waals surface area contributed by atoms with Crippen molar-refractivity contribution in [2.45, 2.75) is 26.9 Å². The van der Waals surface area contributed by atoms with Crippen LogP contribution < -0.4 is 19.5 Å². The number of thiocarbonyl (C=S) groups is 1. The van der Waals surface area contributed by atoms with Crippen LogP contribution in [-0.4, -0.2) is 35.7 Å². The summed E-state index contributed by atoms with van der Waals surface area (Å²) in [6.07, 6.45) is 1.91. The monoisotopic (exact) mass is 564 g/mol. The van der Waals surface area contributed by atoms with Gasteiger partial charge in [0.15, 0.2) is 34.0 Å². The van der Waals surface area contributed by atoms with Crippen LogP contribution in [0.3, 0.4) is 0 Å². The summed E-state index contributed by atoms with van der Waals surface area (Å²) in [5.41, 5.74) is 1.09. The highest BCUT2D eigenvalue weighted by molar-refractivity contribution is 7.80. The van der Waals surface area contributed by atoms with Gasteiger partial charge in [-0.25, -0.2) is 8.78 Å². The van der Waals surface area contributed by atoms with Gasteiger partial charge >= 0.3 is 0 Å². The van der Waals surface area contributed by atoms with Crippen LogP contribution in [0.5, 0.6) is 17.2 Å². The molecule has 0 unspecified atom stereocenters. The second-order valence-electron chi connectivity index (χ2n) is 8.23. The van der Waals surface area contributed by atoms with E-state index in [-0.39, 0.29) is 34.3 Å². The van der Waals surface area contributed by atoms with Crippen molar-refractivity contribution in [3.63, 3.8) is 0 Å². The van der Waals surface area contributed by atoms with Gasteiger partial charge in [-0.2, -0.15) is 8.78 Å². The number of nitrogens with one attached hydrogen (secondary N) is 1. The zero-order valence-corrected chi connectivity index (χ0v) is 21.8. The van der Waals surface area contributed by atoms with Gasteiger partial charge in [0.25, 0.3) is 5.91 Å². The molecule has 2 aromatic carbocycles. The van der Waals surface area contributed by atoms with E-state index in [0.717, 1.165) is 5.56 Å². The standard InChI is InChI=1S/C27H24F4N2O5S/c1-3-35-21-8-5-15(11-22(21)36-4-2)9-10-33-26(34)20(32-27(33)39)12-16-6-7-17(38-16)14-37-25-23(30)18(28)13-19(29)24(25)31/h5-8,11-13H,3-4,9-10,14H2,1-2H3,(H,32,39)/b20-12+. The van der Waals surface area contributed by atoms with E-state index < -0.39 is 35.6 Å². The quantitative estimate of drug-likeness (QED) is 0.143. The van der Waals surface area contributed by atoms with Crippen molar-refractivity contribution in [2.24, 2.45) is 0 Å². The zero-order chi connectivity index (χ0) is 28.1. The number of rotatable bonds is 11. The average Bonchev–Trinajstić information content (AvgIpc) is 3.46. The Bertz CT molecular complexity index is 1400. The maximum Gasteiger partial charge on any atom is 0.276 e. The molecule has 1 amide bonds. The molecule has 0 spiro atoms. The lowest BCUT2D eigenvalue weighted by molar-refractivity contribution is -0.122. The van der Waals surface area contributed by atoms with Crippen LogP contribution >= 0.6 is 12.2 Å². The van der Waals surface area contributed by atoms with E-state index in [2.05, 4.69) is 5.32 Å². The largest absolute Gasteiger partial charge is 0.490 e. The Kier molecular flexibility index (Phi) is 8.75. The van der Waals surface area contributed by atoms with Crippen LogP contribution in [0.1, 0.15) is 30.9 Å². The van der Waals surface area contributed by atoms with Crippen molar-refractivity contribution in [3.8, 4) is 17.2 Å². The molecule has 1 aliphatic heterocycles. The predicted molar refractivity (Wildman–Crippen MR) is 137 cm³/mol. The molecular formula is C27H24F4N2O5S. The van der Waals surface area contributed by atoms with Crippen molar-refractivity contribution in [1.29, 1.82) is 0 Å². The van der Waals surface area contributed by atoms with Gasteiger partial charge in [0.05, 0.1) is 13.2 Å². The van der Waals surface area contributed by atoms with Crippen molar-refractivity contribution in [3.05, 3.63) is 82.4 Å². The van der Waals surface area contributed by atoms with Gasteiger partial charge in [0.1, 0.15) is 23.8 Å². The summed E-state index contributed by atoms with van der Waals surface area (Å²) >= 11 is 5.32. The molecule has 1 fully saturated rings. The number of hydrogen-bond acceptors (Lipinski definition) is 6. The molecule has 4 rings (SSSR count). The molecule has 0 radical (unpaired) electrons. The normalized spacial score (nSPS) is 14.2. The maximum atomic E-state index is 13.8. The Labute approximate surface area is 226 Å². The highest BCUT2D eigenvalue weighted by atomic mass is 32.1. The fourth-order valence-corrected chi connectivity index (χ4v) is 4.06. The molecule has 1 N–H and O–H groups in total. The first-order valence-corrected chi connectivity index (χ1v) is 12.4. The van der Waals surface area contributed by atoms with Crippen LogP contribution in [0.15, 0.2) is 46.5 Å². The van der Waals surface area contributed by atoms with Gasteiger partial charge < -0.3 is 23.9 Å². The van der Waals surface area contributed by atoms with Crippen molar-refractivity contribution in [1.82, 2.24) is 10.2 Å². The topological polar surface area (TPSA) is 73.2 Å². The van der Waals surface area contributed by atoms with E-state index in [1.165, 1.54) is 23.1 Å². The second-order valence-corrected chi connectivity index (χ2v) is 8.62. The minimum atomic E-state index is -1.66. The molecule has 2 heterocycles. The second kappa shape index (κ2) is 12.2. The smallest absolute Gasteiger partial charge is 0.276 e. The molecule has 0 bridgehead atoms. The first-order valence-electron chi connectivity index (χ1n) is 12.0. The number of carbonyl (C=O) groups is 1. The minimum absolute atomic E-state index is 0.0876. The predicted octanol–water partition coefficient (Wildman–Crippen LogP) is 5.51. The third kappa shape index (κ3) is 6.33. The minimum Gasteiger partial charge on any atom is -0.490 e. The lowest BCUT2D eigenvalue weighted by Crippen LogP contribution is -2.32. The fourth-order valence-electron chi connectivity index (χ4n) is 3.78. The summed E-state index contributed by atoms with van der Waals surface area (Å²) in [7, 11) is 0. The number of amides is 1. The zero-order valence-electron chi connectivity index (χ0n) is 21.0. The average molecular weight is 565 g/mol. The Morgan fingerprint density at radius 1 is 0.949 bits per heavy atom. The molecular weight excluding hydrogens is 540 g/mol. The molecule has 1 saturated heterocycles. The van der Waals surface area contributed by atoms with Crippen LogP contribution in [-0.2, 0) is 17.8 Å². The Morgan fingerprint density at radius 3 is 2.33 bits per heavy atom. The van der Waals surface area contributed by atoms with E-state index in [4.69, 9.17) is 30.8 Å². The van der Waals surface area contributed by atoms with Gasteiger partial charge in [-0.1, -0.05) is 6.07 Å². The molecule has 7 nitrogen and oxygen atoms in total. The van der Waals surface area contributed by atoms with Gasteiger partial charge in [-0.3, -0.25) is 9.69 Å². The number of carbonyl (C=O) groups excluding carboxylic acids is 1. The highest BCUT2D eigenvalue weighted by Crippen LogP contribution is 2.30. The first-order chi connectivity index (χ1) is 18.7. The van der Waals surface area contributed by atoms with Crippen molar-refractivity contribution < 1.29 is 41.0 Å². The third-order valence-electron chi connectivity index (χ3n) is 5.59. The number of benzene rings is 2. The number of nitrogens with zero attached hydrogens (tertiary/aromatic N) is 1. The molecule has 206 valence electrons. The van der Waals surface area contributed by atoms with Gasteiger partial charge in [0.2, 0.25) is 11.6 Å². The third-order valence-corrected chi connectivity index (χ3v) is 5.92. The molecule has 1 aromatic heterocycles. The highest BCUT2D eigenvalue weighted by Gasteiger charge is 2.30. The van der Waals surface area contributed by atoms with Gasteiger partial charge in [0, 0.05) is 18.7 Å². The van der Waals surface area contributed by atoms with Crippen molar-refractivity contribution >= 4 is 29.3 Å².